The molecule has 0 spiro atoms. The summed E-state index contributed by atoms with van der Waals surface area (Å²) in [7, 11) is 0.487. The molecule has 1 aliphatic heterocycles. The van der Waals surface area contributed by atoms with Gasteiger partial charge in [-0.1, -0.05) is 38.9 Å². The van der Waals surface area contributed by atoms with Crippen LogP contribution in [-0.2, 0) is 11.2 Å². The minimum atomic E-state index is -1.48. The number of carbonyl (C=O) groups is 1. The minimum absolute atomic E-state index is 0.114. The lowest BCUT2D eigenvalue weighted by Crippen LogP contribution is -2.57. The third-order valence-corrected chi connectivity index (χ3v) is 11.1. The van der Waals surface area contributed by atoms with Crippen LogP contribution >= 0.6 is 0 Å². The molecule has 2 rings (SSSR count). The number of hydroxylamine groups is 2. The molecule has 0 aliphatic carbocycles. The number of nitrogens with one attached hydrogen (secondary N) is 1. The van der Waals surface area contributed by atoms with Crippen molar-refractivity contribution in [2.45, 2.75) is 51.4 Å². The Labute approximate surface area is 152 Å². The van der Waals surface area contributed by atoms with Crippen molar-refractivity contribution in [3.8, 4) is 0 Å². The number of rotatable bonds is 8. The Kier molecular flexibility index (Phi) is 7.24. The van der Waals surface area contributed by atoms with Crippen LogP contribution in [0.4, 0.5) is 0 Å². The van der Waals surface area contributed by atoms with Crippen LogP contribution in [0.25, 0.3) is 0 Å². The van der Waals surface area contributed by atoms with Crippen LogP contribution in [0.5, 0.6) is 0 Å². The first-order valence-electron chi connectivity index (χ1n) is 9.45. The van der Waals surface area contributed by atoms with Crippen LogP contribution in [0, 0.1) is 0 Å². The molecule has 2 N–H and O–H groups in total. The summed E-state index contributed by atoms with van der Waals surface area (Å²) in [4.78, 5) is 14.4. The SMILES string of the molecule is CC[Si](CC)(CC)c1cc(CCNC(=O)C2CN(C)CCN2O)co1. The quantitative estimate of drug-likeness (QED) is 0.684. The van der Waals surface area contributed by atoms with Crippen LogP contribution in [0.1, 0.15) is 26.3 Å². The zero-order valence-electron chi connectivity index (χ0n) is 16.0. The van der Waals surface area contributed by atoms with Gasteiger partial charge < -0.3 is 19.8 Å². The third kappa shape index (κ3) is 4.72. The molecule has 0 saturated carbocycles. The summed E-state index contributed by atoms with van der Waals surface area (Å²) in [5, 5.41) is 15.2. The summed E-state index contributed by atoms with van der Waals surface area (Å²) in [5.74, 6) is -0.114. The van der Waals surface area contributed by atoms with Crippen molar-refractivity contribution in [3.05, 3.63) is 17.9 Å². The third-order valence-electron chi connectivity index (χ3n) is 5.78. The highest BCUT2D eigenvalue weighted by molar-refractivity contribution is 6.90. The van der Waals surface area contributed by atoms with Crippen LogP contribution in [0.2, 0.25) is 18.1 Å². The monoisotopic (exact) mass is 367 g/mol. The van der Waals surface area contributed by atoms with Crippen molar-refractivity contribution >= 4 is 19.4 Å². The number of hydrogen-bond acceptors (Lipinski definition) is 5. The fraction of sp³-hybridized carbons (Fsp3) is 0.722. The van der Waals surface area contributed by atoms with Gasteiger partial charge in [0, 0.05) is 26.2 Å². The molecule has 142 valence electrons. The van der Waals surface area contributed by atoms with E-state index in [1.807, 2.05) is 13.3 Å². The van der Waals surface area contributed by atoms with Gasteiger partial charge in [0.25, 0.3) is 0 Å². The minimum Gasteiger partial charge on any atom is -0.474 e. The smallest absolute Gasteiger partial charge is 0.241 e. The summed E-state index contributed by atoms with van der Waals surface area (Å²) in [6.45, 7) is 9.18. The summed E-state index contributed by atoms with van der Waals surface area (Å²) < 4.78 is 5.90. The van der Waals surface area contributed by atoms with E-state index in [1.165, 1.54) is 23.5 Å². The lowest BCUT2D eigenvalue weighted by molar-refractivity contribution is -0.168. The molecule has 1 aliphatic rings. The first-order chi connectivity index (χ1) is 12.0. The van der Waals surface area contributed by atoms with E-state index in [0.29, 0.717) is 19.6 Å². The second kappa shape index (κ2) is 8.98. The number of piperazine rings is 1. The number of carbonyl (C=O) groups excluding carboxylic acids is 1. The Morgan fingerprint density at radius 2 is 2.00 bits per heavy atom. The second-order valence-electron chi connectivity index (χ2n) is 7.14. The van der Waals surface area contributed by atoms with Gasteiger partial charge in [-0.3, -0.25) is 4.79 Å². The van der Waals surface area contributed by atoms with E-state index in [1.54, 1.807) is 0 Å². The number of likely N-dealkylation sites (N-methyl/N-ethyl adjacent to an activating group) is 1. The van der Waals surface area contributed by atoms with Gasteiger partial charge in [-0.25, -0.2) is 0 Å². The maximum Gasteiger partial charge on any atom is 0.241 e. The molecule has 1 fully saturated rings. The van der Waals surface area contributed by atoms with Gasteiger partial charge >= 0.3 is 0 Å². The topological polar surface area (TPSA) is 69.0 Å². The summed E-state index contributed by atoms with van der Waals surface area (Å²) in [6, 6.07) is 5.31. The standard InChI is InChI=1S/C18H33N3O3Si/c1-5-25(6-2,7-3)17-12-15(14-24-17)8-9-19-18(22)16-13-20(4)10-11-21(16)23/h12,14,16,23H,5-11,13H2,1-4H3,(H,19,22). The molecule has 1 unspecified atom stereocenters. The van der Waals surface area contributed by atoms with Crippen LogP contribution in [0.15, 0.2) is 16.7 Å². The number of furan rings is 1. The van der Waals surface area contributed by atoms with Crippen molar-refractivity contribution in [1.29, 1.82) is 0 Å². The maximum atomic E-state index is 12.3. The van der Waals surface area contributed by atoms with Crippen molar-refractivity contribution < 1.29 is 14.4 Å². The highest BCUT2D eigenvalue weighted by atomic mass is 28.3. The molecular weight excluding hydrogens is 334 g/mol. The highest BCUT2D eigenvalue weighted by Gasteiger charge is 2.33. The predicted molar refractivity (Wildman–Crippen MR) is 102 cm³/mol. The Morgan fingerprint density at radius 3 is 2.64 bits per heavy atom. The Hall–Kier alpha value is -1.15. The summed E-state index contributed by atoms with van der Waals surface area (Å²) >= 11 is 0. The van der Waals surface area contributed by atoms with Gasteiger partial charge in [-0.05, 0) is 25.1 Å². The van der Waals surface area contributed by atoms with E-state index in [4.69, 9.17) is 4.42 Å². The summed E-state index contributed by atoms with van der Waals surface area (Å²) in [5.41, 5.74) is 1.14. The van der Waals surface area contributed by atoms with E-state index < -0.39 is 14.1 Å². The molecule has 1 aromatic rings. The molecule has 0 bridgehead atoms. The Balaban J connectivity index is 1.87. The van der Waals surface area contributed by atoms with E-state index in [9.17, 15) is 10.0 Å². The number of nitrogens with zero attached hydrogens (tertiary/aromatic N) is 2. The molecule has 0 aromatic carbocycles. The largest absolute Gasteiger partial charge is 0.474 e. The lowest BCUT2D eigenvalue weighted by atomic mass is 10.2. The average molecular weight is 368 g/mol. The zero-order chi connectivity index (χ0) is 18.4. The lowest BCUT2D eigenvalue weighted by Gasteiger charge is -2.34. The van der Waals surface area contributed by atoms with Crippen LogP contribution < -0.4 is 10.7 Å². The molecule has 7 heteroatoms. The molecule has 1 atom stereocenters. The molecule has 25 heavy (non-hydrogen) atoms. The van der Waals surface area contributed by atoms with Crippen molar-refractivity contribution in [1.82, 2.24) is 15.3 Å². The van der Waals surface area contributed by atoms with Gasteiger partial charge in [0.15, 0.2) is 0 Å². The number of amides is 1. The normalized spacial score (nSPS) is 20.0. The highest BCUT2D eigenvalue weighted by Crippen LogP contribution is 2.21. The van der Waals surface area contributed by atoms with Gasteiger partial charge in [0.05, 0.1) is 11.6 Å². The first-order valence-corrected chi connectivity index (χ1v) is 12.1. The van der Waals surface area contributed by atoms with E-state index in [2.05, 4.69) is 37.1 Å². The summed E-state index contributed by atoms with van der Waals surface area (Å²) in [6.07, 6.45) is 2.60. The van der Waals surface area contributed by atoms with Crippen LogP contribution in [-0.4, -0.2) is 68.4 Å². The fourth-order valence-corrected chi connectivity index (χ4v) is 6.98. The van der Waals surface area contributed by atoms with Crippen molar-refractivity contribution in [2.24, 2.45) is 0 Å². The van der Waals surface area contributed by atoms with Gasteiger partial charge in [-0.15, -0.1) is 0 Å². The molecule has 6 nitrogen and oxygen atoms in total. The number of hydrogen-bond donors (Lipinski definition) is 2. The van der Waals surface area contributed by atoms with Crippen LogP contribution in [0.3, 0.4) is 0 Å². The molecule has 0 radical (unpaired) electrons. The molecular formula is C18H33N3O3Si. The van der Waals surface area contributed by atoms with Gasteiger partial charge in [0.1, 0.15) is 14.1 Å². The first kappa shape index (κ1) is 20.2. The molecule has 2 heterocycles. The van der Waals surface area contributed by atoms with Gasteiger partial charge in [-0.2, -0.15) is 5.06 Å². The van der Waals surface area contributed by atoms with Gasteiger partial charge in [0.2, 0.25) is 5.91 Å². The molecule has 1 amide bonds. The second-order valence-corrected chi connectivity index (χ2v) is 12.3. The molecule has 1 aromatic heterocycles. The Morgan fingerprint density at radius 1 is 1.32 bits per heavy atom. The predicted octanol–water partition coefficient (Wildman–Crippen LogP) is 1.66. The average Bonchev–Trinajstić information content (AvgIpc) is 3.08. The van der Waals surface area contributed by atoms with E-state index in [-0.39, 0.29) is 5.91 Å². The zero-order valence-corrected chi connectivity index (χ0v) is 17.0. The molecule has 1 saturated heterocycles. The van der Waals surface area contributed by atoms with E-state index >= 15 is 0 Å². The van der Waals surface area contributed by atoms with Crippen molar-refractivity contribution in [3.63, 3.8) is 0 Å². The van der Waals surface area contributed by atoms with Crippen molar-refractivity contribution in [2.75, 3.05) is 33.2 Å². The van der Waals surface area contributed by atoms with E-state index in [0.717, 1.165) is 23.6 Å². The fourth-order valence-electron chi connectivity index (χ4n) is 3.63. The Bertz CT molecular complexity index is 551. The maximum absolute atomic E-state index is 12.3.